The van der Waals surface area contributed by atoms with Gasteiger partial charge in [0.15, 0.2) is 0 Å². The maximum absolute atomic E-state index is 12.6. The molecular weight excluding hydrogens is 364 g/mol. The second-order valence-corrected chi connectivity index (χ2v) is 7.01. The van der Waals surface area contributed by atoms with Gasteiger partial charge < -0.3 is 10.1 Å². The summed E-state index contributed by atoms with van der Waals surface area (Å²) < 4.78 is 7.16. The molecule has 146 valence electrons. The third-order valence-corrected chi connectivity index (χ3v) is 4.87. The Labute approximate surface area is 169 Å². The number of hydrogen-bond donors (Lipinski definition) is 1. The molecule has 2 aromatic heterocycles. The van der Waals surface area contributed by atoms with E-state index in [0.717, 1.165) is 39.4 Å². The van der Waals surface area contributed by atoms with E-state index in [9.17, 15) is 4.79 Å². The van der Waals surface area contributed by atoms with Gasteiger partial charge in [0.2, 0.25) is 11.7 Å². The molecule has 0 radical (unpaired) electrons. The third-order valence-electron chi connectivity index (χ3n) is 4.87. The molecule has 29 heavy (non-hydrogen) atoms. The second kappa shape index (κ2) is 7.75. The van der Waals surface area contributed by atoms with Crippen LogP contribution in [-0.2, 0) is 11.2 Å². The van der Waals surface area contributed by atoms with Gasteiger partial charge in [0.1, 0.15) is 5.75 Å². The van der Waals surface area contributed by atoms with Gasteiger partial charge in [-0.25, -0.2) is 9.97 Å². The molecule has 0 spiro atoms. The summed E-state index contributed by atoms with van der Waals surface area (Å²) in [7, 11) is 1.64. The topological polar surface area (TPSA) is 68.5 Å². The maximum Gasteiger partial charge on any atom is 0.234 e. The highest BCUT2D eigenvalue weighted by Crippen LogP contribution is 2.25. The lowest BCUT2D eigenvalue weighted by atomic mass is 10.1. The highest BCUT2D eigenvalue weighted by molar-refractivity contribution is 5.93. The number of nitrogens with zero attached hydrogens (tertiary/aromatic N) is 3. The fourth-order valence-electron chi connectivity index (χ4n) is 3.32. The Bertz CT molecular complexity index is 1160. The van der Waals surface area contributed by atoms with Crippen molar-refractivity contribution in [2.24, 2.45) is 0 Å². The maximum atomic E-state index is 12.6. The number of ether oxygens (including phenoxy) is 1. The first-order chi connectivity index (χ1) is 14.0. The minimum absolute atomic E-state index is 0.0634. The molecule has 4 aromatic rings. The molecule has 0 aliphatic carbocycles. The molecule has 1 amide bonds. The number of carbonyl (C=O) groups excluding carboxylic acids is 1. The van der Waals surface area contributed by atoms with Crippen LogP contribution in [0.5, 0.6) is 5.75 Å². The summed E-state index contributed by atoms with van der Waals surface area (Å²) in [4.78, 5) is 21.4. The molecule has 0 aliphatic heterocycles. The van der Waals surface area contributed by atoms with Crippen LogP contribution in [0.4, 0.5) is 5.69 Å². The van der Waals surface area contributed by atoms with Gasteiger partial charge in [-0.05, 0) is 48.7 Å². The Morgan fingerprint density at radius 2 is 2.00 bits per heavy atom. The molecule has 2 aromatic carbocycles. The number of nitrogens with one attached hydrogen (secondary N) is 1. The molecule has 4 rings (SSSR count). The zero-order valence-corrected chi connectivity index (χ0v) is 16.6. The summed E-state index contributed by atoms with van der Waals surface area (Å²) in [5.74, 6) is 1.40. The second-order valence-electron chi connectivity index (χ2n) is 7.01. The fourth-order valence-corrected chi connectivity index (χ4v) is 3.32. The molecule has 0 fully saturated rings. The molecule has 0 saturated heterocycles. The number of hydrogen-bond acceptors (Lipinski definition) is 4. The first-order valence-corrected chi connectivity index (χ1v) is 9.37. The number of imidazole rings is 1. The van der Waals surface area contributed by atoms with E-state index in [2.05, 4.69) is 15.3 Å². The molecule has 1 N–H and O–H groups in total. The normalized spacial score (nSPS) is 10.9. The van der Waals surface area contributed by atoms with Crippen LogP contribution in [0.25, 0.3) is 17.0 Å². The predicted octanol–water partition coefficient (Wildman–Crippen LogP) is 4.20. The number of benzene rings is 2. The van der Waals surface area contributed by atoms with E-state index in [4.69, 9.17) is 4.74 Å². The smallest absolute Gasteiger partial charge is 0.234 e. The van der Waals surface area contributed by atoms with Gasteiger partial charge in [0.05, 0.1) is 19.2 Å². The van der Waals surface area contributed by atoms with Crippen molar-refractivity contribution in [2.75, 3.05) is 12.4 Å². The Morgan fingerprint density at radius 1 is 1.14 bits per heavy atom. The number of anilines is 1. The fraction of sp³-hybridized carbons (Fsp3) is 0.174. The SMILES string of the molecule is COc1ccc(CC(=O)Nc2cc(-c3cn4cccnc4n3)ccc2C)cc1C. The monoisotopic (exact) mass is 386 g/mol. The first kappa shape index (κ1) is 18.7. The van der Waals surface area contributed by atoms with Crippen molar-refractivity contribution < 1.29 is 9.53 Å². The van der Waals surface area contributed by atoms with Crippen molar-refractivity contribution in [1.29, 1.82) is 0 Å². The number of amides is 1. The molecule has 0 atom stereocenters. The standard InChI is InChI=1S/C23H22N4O2/c1-15-5-7-18(20-14-27-10-4-9-24-23(27)26-20)13-19(15)25-22(28)12-17-6-8-21(29-3)16(2)11-17/h4-11,13-14H,12H2,1-3H3,(H,25,28). The van der Waals surface area contributed by atoms with Gasteiger partial charge in [0.25, 0.3) is 0 Å². The average molecular weight is 386 g/mol. The molecule has 0 unspecified atom stereocenters. The Kier molecular flexibility index (Phi) is 4.99. The lowest BCUT2D eigenvalue weighted by molar-refractivity contribution is -0.115. The zero-order valence-electron chi connectivity index (χ0n) is 16.6. The van der Waals surface area contributed by atoms with Crippen molar-refractivity contribution in [2.45, 2.75) is 20.3 Å². The number of fused-ring (bicyclic) bond motifs is 1. The van der Waals surface area contributed by atoms with Crippen LogP contribution < -0.4 is 10.1 Å². The number of rotatable bonds is 5. The summed E-state index contributed by atoms with van der Waals surface area (Å²) in [6.45, 7) is 3.94. The van der Waals surface area contributed by atoms with E-state index < -0.39 is 0 Å². The van der Waals surface area contributed by atoms with E-state index in [1.54, 1.807) is 13.3 Å². The first-order valence-electron chi connectivity index (χ1n) is 9.37. The van der Waals surface area contributed by atoms with Gasteiger partial charge in [0, 0.05) is 29.8 Å². The van der Waals surface area contributed by atoms with Crippen molar-refractivity contribution in [3.63, 3.8) is 0 Å². The number of aromatic nitrogens is 3. The predicted molar refractivity (Wildman–Crippen MR) is 113 cm³/mol. The van der Waals surface area contributed by atoms with Crippen molar-refractivity contribution in [3.05, 3.63) is 77.7 Å². The van der Waals surface area contributed by atoms with Crippen LogP contribution in [-0.4, -0.2) is 27.4 Å². The van der Waals surface area contributed by atoms with Gasteiger partial charge in [-0.1, -0.05) is 24.3 Å². The van der Waals surface area contributed by atoms with Gasteiger partial charge in [-0.15, -0.1) is 0 Å². The largest absolute Gasteiger partial charge is 0.496 e. The minimum Gasteiger partial charge on any atom is -0.496 e. The lowest BCUT2D eigenvalue weighted by Gasteiger charge is -2.11. The molecule has 6 heteroatoms. The van der Waals surface area contributed by atoms with Gasteiger partial charge in [-0.2, -0.15) is 0 Å². The van der Waals surface area contributed by atoms with E-state index in [0.29, 0.717) is 12.2 Å². The molecule has 6 nitrogen and oxygen atoms in total. The number of aryl methyl sites for hydroxylation is 2. The number of methoxy groups -OCH3 is 1. The summed E-state index contributed by atoms with van der Waals surface area (Å²) in [5, 5.41) is 3.03. The van der Waals surface area contributed by atoms with E-state index in [-0.39, 0.29) is 5.91 Å². The molecule has 0 saturated carbocycles. The number of carbonyl (C=O) groups is 1. The molecule has 0 aliphatic rings. The molecule has 2 heterocycles. The Morgan fingerprint density at radius 3 is 2.76 bits per heavy atom. The molecule has 0 bridgehead atoms. The van der Waals surface area contributed by atoms with E-state index in [1.165, 1.54) is 0 Å². The average Bonchev–Trinajstić information content (AvgIpc) is 3.14. The highest BCUT2D eigenvalue weighted by atomic mass is 16.5. The lowest BCUT2D eigenvalue weighted by Crippen LogP contribution is -2.15. The van der Waals surface area contributed by atoms with Crippen LogP contribution in [0.1, 0.15) is 16.7 Å². The van der Waals surface area contributed by atoms with Crippen LogP contribution in [0.15, 0.2) is 61.1 Å². The van der Waals surface area contributed by atoms with Crippen LogP contribution in [0.2, 0.25) is 0 Å². The summed E-state index contributed by atoms with van der Waals surface area (Å²) in [5.41, 5.74) is 5.47. The van der Waals surface area contributed by atoms with Crippen molar-refractivity contribution in [1.82, 2.24) is 14.4 Å². The van der Waals surface area contributed by atoms with Crippen molar-refractivity contribution in [3.8, 4) is 17.0 Å². The highest BCUT2D eigenvalue weighted by Gasteiger charge is 2.11. The molecular formula is C23H22N4O2. The van der Waals surface area contributed by atoms with Gasteiger partial charge in [-0.3, -0.25) is 9.20 Å². The summed E-state index contributed by atoms with van der Waals surface area (Å²) >= 11 is 0. The summed E-state index contributed by atoms with van der Waals surface area (Å²) in [6, 6.07) is 13.6. The van der Waals surface area contributed by atoms with Crippen LogP contribution in [0, 0.1) is 13.8 Å². The Balaban J connectivity index is 1.54. The van der Waals surface area contributed by atoms with E-state index >= 15 is 0 Å². The van der Waals surface area contributed by atoms with Crippen LogP contribution in [0.3, 0.4) is 0 Å². The minimum atomic E-state index is -0.0634. The van der Waals surface area contributed by atoms with E-state index in [1.807, 2.05) is 73.1 Å². The van der Waals surface area contributed by atoms with Gasteiger partial charge >= 0.3 is 0 Å². The Hall–Kier alpha value is -3.67. The third kappa shape index (κ3) is 3.96. The zero-order chi connectivity index (χ0) is 20.4. The van der Waals surface area contributed by atoms with Crippen molar-refractivity contribution >= 4 is 17.4 Å². The summed E-state index contributed by atoms with van der Waals surface area (Å²) in [6.07, 6.45) is 5.85. The quantitative estimate of drug-likeness (QED) is 0.558. The van der Waals surface area contributed by atoms with Crippen LogP contribution >= 0.6 is 0 Å².